The minimum Gasteiger partial charge on any atom is -0.376 e. The average molecular weight is 439 g/mol. The number of para-hydroxylation sites is 1. The minimum absolute atomic E-state index is 0.0473. The van der Waals surface area contributed by atoms with Gasteiger partial charge in [-0.1, -0.05) is 30.3 Å². The molecule has 1 aliphatic heterocycles. The van der Waals surface area contributed by atoms with Crippen molar-refractivity contribution in [3.63, 3.8) is 0 Å². The van der Waals surface area contributed by atoms with Gasteiger partial charge in [0.25, 0.3) is 5.91 Å². The Morgan fingerprint density at radius 1 is 0.906 bits per heavy atom. The first-order valence-electron chi connectivity index (χ1n) is 10.0. The molecule has 4 rings (SSSR count). The molecule has 0 aliphatic carbocycles. The van der Waals surface area contributed by atoms with Crippen LogP contribution in [0.15, 0.2) is 72.8 Å². The van der Waals surface area contributed by atoms with Crippen LogP contribution in [0, 0.1) is 0 Å². The second kappa shape index (κ2) is 8.74. The molecule has 8 heteroatoms. The van der Waals surface area contributed by atoms with Gasteiger partial charge in [-0.15, -0.1) is 0 Å². The van der Waals surface area contributed by atoms with E-state index >= 15 is 0 Å². The minimum atomic E-state index is -4.49. The number of halogens is 3. The number of hydrogen-bond acceptors (Lipinski definition) is 3. The standard InChI is InChI=1S/C24H20F3N3O2/c25-24(26,27)18-7-4-9-20(14-18)29-23(32)17-6-3-8-19(13-17)28-15-22(31)30-12-11-16-5-1-2-10-21(16)30/h1-10,13-14,28H,11-12,15H2,(H,29,32). The summed E-state index contributed by atoms with van der Waals surface area (Å²) in [5.74, 6) is -0.637. The lowest BCUT2D eigenvalue weighted by Crippen LogP contribution is -2.34. The zero-order valence-electron chi connectivity index (χ0n) is 16.9. The Morgan fingerprint density at radius 3 is 2.47 bits per heavy atom. The van der Waals surface area contributed by atoms with Gasteiger partial charge >= 0.3 is 6.18 Å². The van der Waals surface area contributed by atoms with E-state index in [2.05, 4.69) is 10.6 Å². The van der Waals surface area contributed by atoms with Gasteiger partial charge in [-0.05, 0) is 54.4 Å². The number of rotatable bonds is 5. The lowest BCUT2D eigenvalue weighted by Gasteiger charge is -2.18. The molecule has 0 bridgehead atoms. The zero-order chi connectivity index (χ0) is 22.7. The van der Waals surface area contributed by atoms with Gasteiger partial charge in [0, 0.05) is 29.2 Å². The Balaban J connectivity index is 1.39. The number of alkyl halides is 3. The number of amides is 2. The van der Waals surface area contributed by atoms with E-state index in [9.17, 15) is 22.8 Å². The van der Waals surface area contributed by atoms with E-state index in [1.54, 1.807) is 29.2 Å². The van der Waals surface area contributed by atoms with Gasteiger partial charge in [0.15, 0.2) is 0 Å². The third-order valence-electron chi connectivity index (χ3n) is 5.20. The van der Waals surface area contributed by atoms with E-state index in [0.29, 0.717) is 12.2 Å². The number of carbonyl (C=O) groups is 2. The van der Waals surface area contributed by atoms with Gasteiger partial charge in [-0.2, -0.15) is 13.2 Å². The lowest BCUT2D eigenvalue weighted by molar-refractivity contribution is -0.137. The molecule has 0 atom stereocenters. The molecule has 0 radical (unpaired) electrons. The number of fused-ring (bicyclic) bond motifs is 1. The van der Waals surface area contributed by atoms with Crippen molar-refractivity contribution in [3.8, 4) is 0 Å². The van der Waals surface area contributed by atoms with Crippen LogP contribution in [0.2, 0.25) is 0 Å². The van der Waals surface area contributed by atoms with E-state index < -0.39 is 17.6 Å². The summed E-state index contributed by atoms with van der Waals surface area (Å²) in [7, 11) is 0. The van der Waals surface area contributed by atoms with Gasteiger partial charge in [-0.25, -0.2) is 0 Å². The molecule has 0 spiro atoms. The van der Waals surface area contributed by atoms with Crippen LogP contribution in [0.25, 0.3) is 0 Å². The summed E-state index contributed by atoms with van der Waals surface area (Å²) in [6, 6.07) is 18.7. The third kappa shape index (κ3) is 4.74. The van der Waals surface area contributed by atoms with Crippen molar-refractivity contribution in [2.24, 2.45) is 0 Å². The van der Waals surface area contributed by atoms with Crippen LogP contribution in [0.1, 0.15) is 21.5 Å². The molecule has 0 saturated heterocycles. The van der Waals surface area contributed by atoms with Gasteiger partial charge in [0.05, 0.1) is 12.1 Å². The van der Waals surface area contributed by atoms with Crippen LogP contribution in [0.3, 0.4) is 0 Å². The maximum Gasteiger partial charge on any atom is 0.416 e. The number of carbonyl (C=O) groups excluding carboxylic acids is 2. The molecule has 3 aromatic rings. The van der Waals surface area contributed by atoms with E-state index in [4.69, 9.17) is 0 Å². The van der Waals surface area contributed by atoms with E-state index in [1.807, 2.05) is 24.3 Å². The van der Waals surface area contributed by atoms with Crippen molar-refractivity contribution >= 4 is 28.9 Å². The maximum absolute atomic E-state index is 12.9. The average Bonchev–Trinajstić information content (AvgIpc) is 3.21. The van der Waals surface area contributed by atoms with Crippen LogP contribution >= 0.6 is 0 Å². The number of benzene rings is 3. The summed E-state index contributed by atoms with van der Waals surface area (Å²) in [6.07, 6.45) is -3.68. The van der Waals surface area contributed by atoms with E-state index in [0.717, 1.165) is 29.8 Å². The van der Waals surface area contributed by atoms with Gasteiger partial charge < -0.3 is 15.5 Å². The Labute approximate surface area is 182 Å². The SMILES string of the molecule is O=C(Nc1cccc(C(F)(F)F)c1)c1cccc(NCC(=O)N2CCc3ccccc32)c1. The highest BCUT2D eigenvalue weighted by Gasteiger charge is 2.30. The Morgan fingerprint density at radius 2 is 1.66 bits per heavy atom. The fraction of sp³-hybridized carbons (Fsp3) is 0.167. The fourth-order valence-corrected chi connectivity index (χ4v) is 3.62. The number of anilines is 3. The molecule has 3 aromatic carbocycles. The van der Waals surface area contributed by atoms with E-state index in [1.165, 1.54) is 12.1 Å². The molecule has 0 aromatic heterocycles. The van der Waals surface area contributed by atoms with Gasteiger partial charge in [0.2, 0.25) is 5.91 Å². The van der Waals surface area contributed by atoms with Crippen LogP contribution in [0.4, 0.5) is 30.2 Å². The summed E-state index contributed by atoms with van der Waals surface area (Å²) in [4.78, 5) is 26.9. The molecule has 2 N–H and O–H groups in total. The fourth-order valence-electron chi connectivity index (χ4n) is 3.62. The first-order valence-corrected chi connectivity index (χ1v) is 10.0. The van der Waals surface area contributed by atoms with Gasteiger partial charge in [0.1, 0.15) is 0 Å². The van der Waals surface area contributed by atoms with Crippen LogP contribution < -0.4 is 15.5 Å². The predicted molar refractivity (Wildman–Crippen MR) is 117 cm³/mol. The van der Waals surface area contributed by atoms with E-state index in [-0.39, 0.29) is 23.7 Å². The van der Waals surface area contributed by atoms with Crippen molar-refractivity contribution in [3.05, 3.63) is 89.5 Å². The Kier molecular flexibility index (Phi) is 5.85. The Bertz CT molecular complexity index is 1160. The maximum atomic E-state index is 12.9. The lowest BCUT2D eigenvalue weighted by atomic mass is 10.1. The topological polar surface area (TPSA) is 61.4 Å². The summed E-state index contributed by atoms with van der Waals surface area (Å²) < 4.78 is 38.6. The van der Waals surface area contributed by atoms with Crippen LogP contribution in [0.5, 0.6) is 0 Å². The van der Waals surface area contributed by atoms with Crippen molar-refractivity contribution in [2.75, 3.05) is 28.6 Å². The molecule has 1 aliphatic rings. The van der Waals surface area contributed by atoms with Crippen molar-refractivity contribution < 1.29 is 22.8 Å². The highest BCUT2D eigenvalue weighted by molar-refractivity contribution is 6.05. The molecule has 0 unspecified atom stereocenters. The molecule has 0 saturated carbocycles. The molecular formula is C24H20F3N3O2. The highest BCUT2D eigenvalue weighted by Crippen LogP contribution is 2.31. The first kappa shape index (κ1) is 21.4. The largest absolute Gasteiger partial charge is 0.416 e. The second-order valence-electron chi connectivity index (χ2n) is 7.39. The predicted octanol–water partition coefficient (Wildman–Crippen LogP) is 4.96. The smallest absolute Gasteiger partial charge is 0.376 e. The number of nitrogens with zero attached hydrogens (tertiary/aromatic N) is 1. The summed E-state index contributed by atoms with van der Waals surface area (Å²) >= 11 is 0. The Hall–Kier alpha value is -3.81. The van der Waals surface area contributed by atoms with Crippen molar-refractivity contribution in [1.29, 1.82) is 0 Å². The zero-order valence-corrected chi connectivity index (χ0v) is 16.9. The number of hydrogen-bond donors (Lipinski definition) is 2. The summed E-state index contributed by atoms with van der Waals surface area (Å²) in [6.45, 7) is 0.673. The molecule has 1 heterocycles. The second-order valence-corrected chi connectivity index (χ2v) is 7.39. The van der Waals surface area contributed by atoms with Crippen molar-refractivity contribution in [2.45, 2.75) is 12.6 Å². The molecule has 0 fully saturated rings. The first-order chi connectivity index (χ1) is 15.3. The quantitative estimate of drug-likeness (QED) is 0.591. The number of nitrogens with one attached hydrogen (secondary N) is 2. The molecule has 5 nitrogen and oxygen atoms in total. The summed E-state index contributed by atoms with van der Waals surface area (Å²) in [5.41, 5.74) is 2.07. The normalized spacial score (nSPS) is 12.9. The highest BCUT2D eigenvalue weighted by atomic mass is 19.4. The monoisotopic (exact) mass is 439 g/mol. The van der Waals surface area contributed by atoms with Crippen LogP contribution in [-0.2, 0) is 17.4 Å². The molecular weight excluding hydrogens is 419 g/mol. The molecule has 164 valence electrons. The van der Waals surface area contributed by atoms with Gasteiger partial charge in [-0.3, -0.25) is 9.59 Å². The summed E-state index contributed by atoms with van der Waals surface area (Å²) in [5, 5.41) is 5.50. The van der Waals surface area contributed by atoms with Crippen molar-refractivity contribution in [1.82, 2.24) is 0 Å². The molecule has 2 amide bonds. The molecule has 32 heavy (non-hydrogen) atoms. The third-order valence-corrected chi connectivity index (χ3v) is 5.20. The van der Waals surface area contributed by atoms with Crippen LogP contribution in [-0.4, -0.2) is 24.9 Å².